The standard InChI is InChI=1S/C56H34N2O3S/c1-57-40-25-29-53-47(35-40)46-32-37(22-28-52(46)58(53)41-12-4-2-5-13-41)39-24-31-55-51(34-39)56(48-18-10-8-16-44(48)45-17-9-11-19-49(45)56)50-33-38(23-30-54(50)61-55)36-20-26-43(27-21-36)62(59,60)42-14-6-3-7-15-42/h2-35H. The van der Waals surface area contributed by atoms with E-state index in [9.17, 15) is 8.42 Å². The average Bonchev–Trinajstić information content (AvgIpc) is 3.82. The summed E-state index contributed by atoms with van der Waals surface area (Å²) in [5.41, 5.74) is 13.8. The van der Waals surface area contributed by atoms with Crippen LogP contribution in [0.2, 0.25) is 0 Å². The van der Waals surface area contributed by atoms with Crippen molar-refractivity contribution in [3.63, 3.8) is 0 Å². The van der Waals surface area contributed by atoms with Gasteiger partial charge < -0.3 is 9.30 Å². The van der Waals surface area contributed by atoms with Crippen LogP contribution in [-0.2, 0) is 15.3 Å². The van der Waals surface area contributed by atoms with Crippen LogP contribution >= 0.6 is 0 Å². The van der Waals surface area contributed by atoms with Crippen LogP contribution in [0, 0.1) is 6.57 Å². The highest BCUT2D eigenvalue weighted by atomic mass is 32.2. The van der Waals surface area contributed by atoms with Gasteiger partial charge in [0.1, 0.15) is 11.5 Å². The molecule has 0 amide bonds. The molecule has 0 radical (unpaired) electrons. The van der Waals surface area contributed by atoms with Gasteiger partial charge in [-0.3, -0.25) is 0 Å². The minimum absolute atomic E-state index is 0.250. The molecule has 0 atom stereocenters. The summed E-state index contributed by atoms with van der Waals surface area (Å²) in [6.45, 7) is 7.80. The Labute approximate surface area is 359 Å². The SMILES string of the molecule is [C-]#[N+]c1ccc2c(c1)c1cc(-c3ccc4c(c3)C3(c5cc(-c6ccc(S(=O)(=O)c7ccccc7)cc6)ccc5O4)c4ccccc4-c4ccccc43)ccc1n2-c1ccccc1. The van der Waals surface area contributed by atoms with E-state index >= 15 is 0 Å². The van der Waals surface area contributed by atoms with Gasteiger partial charge in [-0.1, -0.05) is 121 Å². The largest absolute Gasteiger partial charge is 0.457 e. The molecule has 0 bridgehead atoms. The number of aromatic nitrogens is 1. The Balaban J connectivity index is 1.05. The second-order valence-corrected chi connectivity index (χ2v) is 17.9. The van der Waals surface area contributed by atoms with Gasteiger partial charge >= 0.3 is 0 Å². The number of para-hydroxylation sites is 1. The first-order valence-corrected chi connectivity index (χ1v) is 22.0. The molecule has 0 fully saturated rings. The van der Waals surface area contributed by atoms with Crippen molar-refractivity contribution in [3.05, 3.63) is 240 Å². The summed E-state index contributed by atoms with van der Waals surface area (Å²) in [6, 6.07) is 68.9. The molecule has 1 spiro atoms. The first-order valence-electron chi connectivity index (χ1n) is 20.5. The van der Waals surface area contributed by atoms with Crippen LogP contribution in [0.1, 0.15) is 22.3 Å². The Hall–Kier alpha value is -7.98. The van der Waals surface area contributed by atoms with Crippen LogP contribution in [0.25, 0.3) is 65.7 Å². The average molecular weight is 815 g/mol. The van der Waals surface area contributed by atoms with Gasteiger partial charge in [0.15, 0.2) is 5.69 Å². The highest BCUT2D eigenvalue weighted by Crippen LogP contribution is 2.62. The van der Waals surface area contributed by atoms with Crippen LogP contribution in [0.5, 0.6) is 11.5 Å². The fourth-order valence-corrected chi connectivity index (χ4v) is 11.2. The monoisotopic (exact) mass is 814 g/mol. The molecule has 0 N–H and O–H groups in total. The number of benzene rings is 9. The molecule has 12 rings (SSSR count). The predicted octanol–water partition coefficient (Wildman–Crippen LogP) is 14.0. The van der Waals surface area contributed by atoms with Crippen LogP contribution in [0.15, 0.2) is 216 Å². The van der Waals surface area contributed by atoms with E-state index < -0.39 is 15.3 Å². The molecular weight excluding hydrogens is 781 g/mol. The molecule has 6 heteroatoms. The third-order valence-corrected chi connectivity index (χ3v) is 14.5. The molecule has 10 aromatic rings. The lowest BCUT2D eigenvalue weighted by atomic mass is 9.65. The van der Waals surface area contributed by atoms with E-state index in [1.165, 1.54) is 22.3 Å². The molecule has 0 saturated heterocycles. The molecule has 292 valence electrons. The topological polar surface area (TPSA) is 52.7 Å². The lowest BCUT2D eigenvalue weighted by molar-refractivity contribution is 0.436. The van der Waals surface area contributed by atoms with Gasteiger partial charge in [0.2, 0.25) is 9.84 Å². The molecule has 1 aliphatic heterocycles. The summed E-state index contributed by atoms with van der Waals surface area (Å²) >= 11 is 0. The number of sulfone groups is 1. The van der Waals surface area contributed by atoms with Crippen molar-refractivity contribution in [2.24, 2.45) is 0 Å². The first-order chi connectivity index (χ1) is 30.4. The van der Waals surface area contributed by atoms with E-state index in [2.05, 4.69) is 143 Å². The normalized spacial score (nSPS) is 13.2. The lowest BCUT2D eigenvalue weighted by Gasteiger charge is -2.40. The summed E-state index contributed by atoms with van der Waals surface area (Å²) in [7, 11) is -3.67. The minimum atomic E-state index is -3.67. The van der Waals surface area contributed by atoms with Crippen molar-refractivity contribution in [1.29, 1.82) is 0 Å². The number of hydrogen-bond acceptors (Lipinski definition) is 3. The van der Waals surface area contributed by atoms with Crippen molar-refractivity contribution in [2.75, 3.05) is 0 Å². The van der Waals surface area contributed by atoms with Gasteiger partial charge in [0.05, 0.1) is 32.8 Å². The van der Waals surface area contributed by atoms with Crippen LogP contribution in [0.3, 0.4) is 0 Å². The third-order valence-electron chi connectivity index (χ3n) is 12.7. The fourth-order valence-electron chi connectivity index (χ4n) is 9.94. The zero-order valence-corrected chi connectivity index (χ0v) is 34.0. The summed E-state index contributed by atoms with van der Waals surface area (Å²) < 4.78 is 36.2. The number of rotatable bonds is 5. The van der Waals surface area contributed by atoms with Crippen molar-refractivity contribution in [1.82, 2.24) is 4.57 Å². The molecule has 5 nitrogen and oxygen atoms in total. The number of nitrogens with zero attached hydrogens (tertiary/aromatic N) is 2. The van der Waals surface area contributed by atoms with E-state index in [-0.39, 0.29) is 9.79 Å². The summed E-state index contributed by atoms with van der Waals surface area (Å²) in [5.74, 6) is 1.56. The molecule has 0 saturated carbocycles. The van der Waals surface area contributed by atoms with Crippen molar-refractivity contribution < 1.29 is 13.2 Å². The van der Waals surface area contributed by atoms with Gasteiger partial charge in [-0.15, -0.1) is 0 Å². The Morgan fingerprint density at radius 2 is 0.935 bits per heavy atom. The van der Waals surface area contributed by atoms with E-state index in [4.69, 9.17) is 11.3 Å². The maximum absolute atomic E-state index is 13.5. The molecular formula is C56H34N2O3S. The smallest absolute Gasteiger partial charge is 0.206 e. The van der Waals surface area contributed by atoms with E-state index in [0.717, 1.165) is 72.4 Å². The van der Waals surface area contributed by atoms with Crippen molar-refractivity contribution in [3.8, 4) is 50.6 Å². The van der Waals surface area contributed by atoms with Crippen molar-refractivity contribution >= 4 is 37.3 Å². The van der Waals surface area contributed by atoms with Crippen LogP contribution < -0.4 is 4.74 Å². The Bertz CT molecular complexity index is 3580. The molecule has 1 aromatic heterocycles. The van der Waals surface area contributed by atoms with Crippen LogP contribution in [0.4, 0.5) is 5.69 Å². The van der Waals surface area contributed by atoms with Crippen molar-refractivity contribution in [2.45, 2.75) is 15.2 Å². The Kier molecular flexibility index (Phi) is 7.83. The van der Waals surface area contributed by atoms with Gasteiger partial charge in [0.25, 0.3) is 0 Å². The molecule has 0 unspecified atom stereocenters. The highest BCUT2D eigenvalue weighted by Gasteiger charge is 2.51. The molecule has 2 aliphatic rings. The maximum atomic E-state index is 13.5. The number of fused-ring (bicyclic) bond motifs is 12. The van der Waals surface area contributed by atoms with E-state index in [1.54, 1.807) is 36.4 Å². The third kappa shape index (κ3) is 5.16. The van der Waals surface area contributed by atoms with E-state index in [0.29, 0.717) is 5.69 Å². The molecule has 62 heavy (non-hydrogen) atoms. The second-order valence-electron chi connectivity index (χ2n) is 15.9. The first kappa shape index (κ1) is 35.9. The summed E-state index contributed by atoms with van der Waals surface area (Å²) in [6.07, 6.45) is 0. The highest BCUT2D eigenvalue weighted by molar-refractivity contribution is 7.91. The fraction of sp³-hybridized carbons (Fsp3) is 0.0179. The Morgan fingerprint density at radius 1 is 0.452 bits per heavy atom. The lowest BCUT2D eigenvalue weighted by Crippen LogP contribution is -2.32. The van der Waals surface area contributed by atoms with Gasteiger partial charge in [-0.2, -0.15) is 0 Å². The zero-order valence-electron chi connectivity index (χ0n) is 33.2. The number of ether oxygens (including phenoxy) is 1. The number of hydrogen-bond donors (Lipinski definition) is 0. The van der Waals surface area contributed by atoms with Gasteiger partial charge in [0, 0.05) is 22.2 Å². The van der Waals surface area contributed by atoms with Crippen LogP contribution in [-0.4, -0.2) is 13.0 Å². The Morgan fingerprint density at radius 3 is 1.56 bits per heavy atom. The zero-order chi connectivity index (χ0) is 41.6. The summed E-state index contributed by atoms with van der Waals surface area (Å²) in [5, 5.41) is 2.10. The predicted molar refractivity (Wildman–Crippen MR) is 247 cm³/mol. The molecule has 2 heterocycles. The van der Waals surface area contributed by atoms with Gasteiger partial charge in [-0.25, -0.2) is 13.3 Å². The van der Waals surface area contributed by atoms with E-state index in [1.807, 2.05) is 36.4 Å². The molecule has 1 aliphatic carbocycles. The minimum Gasteiger partial charge on any atom is -0.457 e. The van der Waals surface area contributed by atoms with Gasteiger partial charge in [-0.05, 0) is 135 Å². The maximum Gasteiger partial charge on any atom is 0.206 e. The second kappa shape index (κ2) is 13.5. The quantitative estimate of drug-likeness (QED) is 0.163. The summed E-state index contributed by atoms with van der Waals surface area (Å²) in [4.78, 5) is 4.31. The molecule has 9 aromatic carbocycles.